The minimum Gasteiger partial charge on any atom is -0.382 e. The molecule has 1 aliphatic rings. The number of fused-ring (bicyclic) bond motifs is 2. The largest absolute Gasteiger partial charge is 0.382 e. The Morgan fingerprint density at radius 3 is 2.88 bits per heavy atom. The molecule has 0 radical (unpaired) electrons. The number of para-hydroxylation sites is 1. The number of hydrogen-bond donors (Lipinski definition) is 0. The molecule has 0 aliphatic carbocycles. The molecule has 3 heterocycles. The third kappa shape index (κ3) is 4.88. The molecule has 1 aliphatic heterocycles. The zero-order valence-corrected chi connectivity index (χ0v) is 21.4. The molecule has 6 nitrogen and oxygen atoms in total. The zero-order valence-electron chi connectivity index (χ0n) is 19.7. The quantitative estimate of drug-likeness (QED) is 0.256. The van der Waals surface area contributed by atoms with Gasteiger partial charge in [0.25, 0.3) is 5.56 Å². The van der Waals surface area contributed by atoms with Crippen molar-refractivity contribution in [2.75, 3.05) is 24.7 Å². The second-order valence-corrected chi connectivity index (χ2v) is 10.9. The number of rotatable bonds is 8. The van der Waals surface area contributed by atoms with Crippen molar-refractivity contribution in [2.24, 2.45) is 0 Å². The van der Waals surface area contributed by atoms with E-state index in [1.807, 2.05) is 50.8 Å². The first-order valence-corrected chi connectivity index (χ1v) is 13.3. The van der Waals surface area contributed by atoms with Gasteiger partial charge in [-0.2, -0.15) is 0 Å². The Kier molecular flexibility index (Phi) is 7.56. The van der Waals surface area contributed by atoms with E-state index >= 15 is 0 Å². The molecule has 1 aromatic carbocycles. The van der Waals surface area contributed by atoms with Crippen molar-refractivity contribution >= 4 is 44.9 Å². The second kappa shape index (κ2) is 10.4. The van der Waals surface area contributed by atoms with Gasteiger partial charge < -0.3 is 9.64 Å². The van der Waals surface area contributed by atoms with E-state index in [9.17, 15) is 9.59 Å². The van der Waals surface area contributed by atoms with Crippen LogP contribution >= 0.6 is 23.1 Å². The maximum absolute atomic E-state index is 13.5. The summed E-state index contributed by atoms with van der Waals surface area (Å²) in [4.78, 5) is 35.5. The number of aryl methyl sites for hydroxylation is 3. The standard InChI is InChI=1S/C25H31N3O3S2/c1-5-31-15-9-14-28-24(30)21-16(2)17(3)32-22(21)26-25(28)33-18(4)23(29)27-13-8-11-19-10-6-7-12-20(19)27/h6-7,10,12,18H,5,8-9,11,13-15H2,1-4H3/t18-/m0/s1. The van der Waals surface area contributed by atoms with Crippen LogP contribution in [0.5, 0.6) is 0 Å². The van der Waals surface area contributed by atoms with E-state index in [-0.39, 0.29) is 16.7 Å². The highest BCUT2D eigenvalue weighted by Crippen LogP contribution is 2.32. The van der Waals surface area contributed by atoms with Gasteiger partial charge in [-0.1, -0.05) is 30.0 Å². The number of nitrogens with zero attached hydrogens (tertiary/aromatic N) is 3. The Hall–Kier alpha value is -2.16. The molecule has 0 N–H and O–H groups in total. The zero-order chi connectivity index (χ0) is 23.5. The maximum Gasteiger partial charge on any atom is 0.263 e. The van der Waals surface area contributed by atoms with Crippen LogP contribution in [0.15, 0.2) is 34.2 Å². The fourth-order valence-corrected chi connectivity index (χ4v) is 6.32. The molecule has 176 valence electrons. The SMILES string of the molecule is CCOCCCn1c(S[C@@H](C)C(=O)N2CCCc3ccccc32)nc2sc(C)c(C)c2c1=O. The van der Waals surface area contributed by atoms with E-state index in [1.165, 1.54) is 17.3 Å². The topological polar surface area (TPSA) is 64.4 Å². The van der Waals surface area contributed by atoms with E-state index in [0.717, 1.165) is 46.8 Å². The number of carbonyl (C=O) groups excluding carboxylic acids is 1. The number of anilines is 1. The first-order chi connectivity index (χ1) is 15.9. The number of carbonyl (C=O) groups is 1. The summed E-state index contributed by atoms with van der Waals surface area (Å²) in [5, 5.41) is 0.944. The minimum absolute atomic E-state index is 0.0242. The summed E-state index contributed by atoms with van der Waals surface area (Å²) >= 11 is 2.93. The molecule has 0 bridgehead atoms. The molecule has 3 aromatic rings. The lowest BCUT2D eigenvalue weighted by atomic mass is 10.0. The third-order valence-electron chi connectivity index (χ3n) is 6.13. The van der Waals surface area contributed by atoms with Crippen LogP contribution in [0.1, 0.15) is 42.7 Å². The molecule has 0 saturated heterocycles. The van der Waals surface area contributed by atoms with E-state index in [4.69, 9.17) is 9.72 Å². The Bertz CT molecular complexity index is 1220. The number of hydrogen-bond acceptors (Lipinski definition) is 6. The lowest BCUT2D eigenvalue weighted by molar-refractivity contribution is -0.117. The third-order valence-corrected chi connectivity index (χ3v) is 8.31. The molecule has 0 spiro atoms. The van der Waals surface area contributed by atoms with E-state index < -0.39 is 0 Å². The van der Waals surface area contributed by atoms with E-state index in [1.54, 1.807) is 15.9 Å². The van der Waals surface area contributed by atoms with Crippen molar-refractivity contribution < 1.29 is 9.53 Å². The molecule has 0 unspecified atom stereocenters. The number of thioether (sulfide) groups is 1. The van der Waals surface area contributed by atoms with Gasteiger partial charge in [-0.25, -0.2) is 4.98 Å². The van der Waals surface area contributed by atoms with Crippen molar-refractivity contribution in [1.82, 2.24) is 9.55 Å². The molecule has 4 rings (SSSR count). The van der Waals surface area contributed by atoms with Gasteiger partial charge in [0, 0.05) is 36.9 Å². The van der Waals surface area contributed by atoms with Crippen molar-refractivity contribution in [2.45, 2.75) is 63.9 Å². The van der Waals surface area contributed by atoms with Gasteiger partial charge >= 0.3 is 0 Å². The highest BCUT2D eigenvalue weighted by atomic mass is 32.2. The lowest BCUT2D eigenvalue weighted by Gasteiger charge is -2.31. The number of amides is 1. The molecule has 0 fully saturated rings. The minimum atomic E-state index is -0.360. The number of thiophene rings is 1. The molecule has 8 heteroatoms. The van der Waals surface area contributed by atoms with Gasteiger partial charge in [-0.3, -0.25) is 14.2 Å². The first-order valence-electron chi connectivity index (χ1n) is 11.6. The fourth-order valence-electron chi connectivity index (χ4n) is 4.26. The van der Waals surface area contributed by atoms with Crippen molar-refractivity contribution in [3.05, 3.63) is 50.6 Å². The van der Waals surface area contributed by atoms with Crippen LogP contribution in [0.25, 0.3) is 10.2 Å². The van der Waals surface area contributed by atoms with Gasteiger partial charge in [0.1, 0.15) is 4.83 Å². The Morgan fingerprint density at radius 1 is 1.30 bits per heavy atom. The van der Waals surface area contributed by atoms with E-state index in [2.05, 4.69) is 6.07 Å². The summed E-state index contributed by atoms with van der Waals surface area (Å²) in [5.41, 5.74) is 3.19. The maximum atomic E-state index is 13.5. The van der Waals surface area contributed by atoms with Crippen LogP contribution in [-0.4, -0.2) is 40.5 Å². The number of benzene rings is 1. The molecule has 1 atom stereocenters. The summed E-state index contributed by atoms with van der Waals surface area (Å²) in [6.45, 7) is 10.4. The summed E-state index contributed by atoms with van der Waals surface area (Å²) in [5.74, 6) is 0.0564. The van der Waals surface area contributed by atoms with Crippen molar-refractivity contribution in [3.63, 3.8) is 0 Å². The Balaban J connectivity index is 1.64. The lowest BCUT2D eigenvalue weighted by Crippen LogP contribution is -2.40. The highest BCUT2D eigenvalue weighted by molar-refractivity contribution is 8.00. The molecular formula is C25H31N3O3S2. The van der Waals surface area contributed by atoms with E-state index in [0.29, 0.717) is 30.3 Å². The predicted octanol–water partition coefficient (Wildman–Crippen LogP) is 4.96. The summed E-state index contributed by atoms with van der Waals surface area (Å²) < 4.78 is 7.22. The van der Waals surface area contributed by atoms with Crippen molar-refractivity contribution in [1.29, 1.82) is 0 Å². The number of ether oxygens (including phenoxy) is 1. The van der Waals surface area contributed by atoms with Crippen LogP contribution in [-0.2, 0) is 22.5 Å². The molecule has 1 amide bonds. The van der Waals surface area contributed by atoms with Crippen LogP contribution in [0.4, 0.5) is 5.69 Å². The first kappa shape index (κ1) is 24.0. The van der Waals surface area contributed by atoms with Gasteiger partial charge in [0.2, 0.25) is 5.91 Å². The average Bonchev–Trinajstić information content (AvgIpc) is 3.10. The average molecular weight is 486 g/mol. The summed E-state index contributed by atoms with van der Waals surface area (Å²) in [6.07, 6.45) is 2.68. The highest BCUT2D eigenvalue weighted by Gasteiger charge is 2.28. The molecule has 2 aromatic heterocycles. The second-order valence-electron chi connectivity index (χ2n) is 8.35. The van der Waals surface area contributed by atoms with Crippen molar-refractivity contribution in [3.8, 4) is 0 Å². The summed E-state index contributed by atoms with van der Waals surface area (Å²) in [7, 11) is 0. The van der Waals surface area contributed by atoms with Gasteiger partial charge in [-0.05, 0) is 64.2 Å². The molecular weight excluding hydrogens is 454 g/mol. The van der Waals surface area contributed by atoms with Gasteiger partial charge in [0.05, 0.1) is 10.6 Å². The smallest absolute Gasteiger partial charge is 0.263 e. The Morgan fingerprint density at radius 2 is 2.09 bits per heavy atom. The summed E-state index contributed by atoms with van der Waals surface area (Å²) in [6, 6.07) is 8.12. The van der Waals surface area contributed by atoms with Gasteiger partial charge in [0.15, 0.2) is 5.16 Å². The van der Waals surface area contributed by atoms with Crippen LogP contribution in [0.2, 0.25) is 0 Å². The Labute approximate surface area is 203 Å². The number of aromatic nitrogens is 2. The van der Waals surface area contributed by atoms with Crippen LogP contribution in [0, 0.1) is 13.8 Å². The molecule has 0 saturated carbocycles. The van der Waals surface area contributed by atoms with Gasteiger partial charge in [-0.15, -0.1) is 11.3 Å². The predicted molar refractivity (Wildman–Crippen MR) is 137 cm³/mol. The molecule has 33 heavy (non-hydrogen) atoms. The van der Waals surface area contributed by atoms with Crippen LogP contribution < -0.4 is 10.5 Å². The monoisotopic (exact) mass is 485 g/mol. The fraction of sp³-hybridized carbons (Fsp3) is 0.480. The van der Waals surface area contributed by atoms with Crippen LogP contribution in [0.3, 0.4) is 0 Å². The normalized spacial score (nSPS) is 14.5.